The van der Waals surface area contributed by atoms with Crippen molar-refractivity contribution in [2.45, 2.75) is 20.3 Å². The molecule has 0 aliphatic rings. The average molecular weight is 306 g/mol. The van der Waals surface area contributed by atoms with Crippen LogP contribution in [0.4, 0.5) is 0 Å². The molecule has 0 bridgehead atoms. The molecule has 18 heavy (non-hydrogen) atoms. The number of benzene rings is 1. The van der Waals surface area contributed by atoms with Crippen LogP contribution >= 0.6 is 15.9 Å². The zero-order chi connectivity index (χ0) is 12.7. The fraction of sp³-hybridized carbons (Fsp3) is 0.231. The number of nitrogens with one attached hydrogen (secondary N) is 1. The third-order valence-corrected chi connectivity index (χ3v) is 3.45. The van der Waals surface area contributed by atoms with Gasteiger partial charge in [0.05, 0.1) is 5.52 Å². The first-order valence-electron chi connectivity index (χ1n) is 5.79. The number of fused-ring (bicyclic) bond motifs is 1. The Morgan fingerprint density at radius 2 is 2.11 bits per heavy atom. The molecule has 1 aromatic carbocycles. The lowest BCUT2D eigenvalue weighted by Gasteiger charge is -1.96. The Bertz CT molecular complexity index is 714. The van der Waals surface area contributed by atoms with Gasteiger partial charge in [0.25, 0.3) is 5.89 Å². The van der Waals surface area contributed by atoms with Crippen molar-refractivity contribution in [1.29, 1.82) is 0 Å². The number of nitrogens with zero attached hydrogens (tertiary/aromatic N) is 2. The van der Waals surface area contributed by atoms with Crippen LogP contribution in [0, 0.1) is 6.92 Å². The number of H-pyrrole nitrogens is 1. The second-order valence-electron chi connectivity index (χ2n) is 4.25. The molecule has 0 radical (unpaired) electrons. The number of hydrogen-bond donors (Lipinski definition) is 1. The first-order chi connectivity index (χ1) is 8.67. The SMILES string of the molecule is CCc1nnc(-c2cc3cc(C)cc(Br)c3[nH]2)o1. The molecule has 0 saturated carbocycles. The van der Waals surface area contributed by atoms with Crippen LogP contribution in [0.5, 0.6) is 0 Å². The molecule has 0 fully saturated rings. The van der Waals surface area contributed by atoms with Crippen molar-refractivity contribution in [3.05, 3.63) is 34.1 Å². The summed E-state index contributed by atoms with van der Waals surface area (Å²) in [6.45, 7) is 4.06. The zero-order valence-corrected chi connectivity index (χ0v) is 11.7. The number of aromatic amines is 1. The van der Waals surface area contributed by atoms with Gasteiger partial charge < -0.3 is 9.40 Å². The molecule has 3 aromatic rings. The molecule has 0 saturated heterocycles. The van der Waals surface area contributed by atoms with Crippen LogP contribution in [0.1, 0.15) is 18.4 Å². The second kappa shape index (κ2) is 4.24. The van der Waals surface area contributed by atoms with Crippen LogP contribution in [0.3, 0.4) is 0 Å². The van der Waals surface area contributed by atoms with E-state index in [4.69, 9.17) is 4.42 Å². The monoisotopic (exact) mass is 305 g/mol. The smallest absolute Gasteiger partial charge is 0.264 e. The first-order valence-corrected chi connectivity index (χ1v) is 6.58. The standard InChI is InChI=1S/C13H12BrN3O/c1-3-11-16-17-13(18-11)10-6-8-4-7(2)5-9(14)12(8)15-10/h4-6,15H,3H2,1-2H3. The van der Waals surface area contributed by atoms with Crippen LogP contribution in [0.25, 0.3) is 22.5 Å². The van der Waals surface area contributed by atoms with Crippen LogP contribution in [-0.4, -0.2) is 15.2 Å². The van der Waals surface area contributed by atoms with Crippen LogP contribution < -0.4 is 0 Å². The highest BCUT2D eigenvalue weighted by Crippen LogP contribution is 2.29. The van der Waals surface area contributed by atoms with Gasteiger partial charge in [-0.1, -0.05) is 6.92 Å². The van der Waals surface area contributed by atoms with Gasteiger partial charge in [0.15, 0.2) is 0 Å². The summed E-state index contributed by atoms with van der Waals surface area (Å²) in [5.74, 6) is 1.19. The van der Waals surface area contributed by atoms with Crippen LogP contribution in [-0.2, 0) is 6.42 Å². The Kier molecular flexibility index (Phi) is 2.70. The highest BCUT2D eigenvalue weighted by atomic mass is 79.9. The van der Waals surface area contributed by atoms with Crippen LogP contribution in [0.2, 0.25) is 0 Å². The van der Waals surface area contributed by atoms with Crippen molar-refractivity contribution in [2.24, 2.45) is 0 Å². The van der Waals surface area contributed by atoms with Crippen molar-refractivity contribution in [3.8, 4) is 11.6 Å². The quantitative estimate of drug-likeness (QED) is 0.782. The molecule has 0 aliphatic heterocycles. The molecule has 3 rings (SSSR count). The minimum atomic E-state index is 0.535. The van der Waals surface area contributed by atoms with Gasteiger partial charge in [0, 0.05) is 16.3 Å². The van der Waals surface area contributed by atoms with E-state index in [9.17, 15) is 0 Å². The van der Waals surface area contributed by atoms with Crippen LogP contribution in [0.15, 0.2) is 27.1 Å². The predicted octanol–water partition coefficient (Wildman–Crippen LogP) is 3.85. The summed E-state index contributed by atoms with van der Waals surface area (Å²) in [5.41, 5.74) is 3.11. The molecule has 5 heteroatoms. The fourth-order valence-electron chi connectivity index (χ4n) is 1.96. The minimum absolute atomic E-state index is 0.535. The molecule has 0 atom stereocenters. The van der Waals surface area contributed by atoms with E-state index in [0.717, 1.165) is 27.5 Å². The van der Waals surface area contributed by atoms with Crippen molar-refractivity contribution in [2.75, 3.05) is 0 Å². The molecular formula is C13H12BrN3O. The largest absolute Gasteiger partial charge is 0.419 e. The summed E-state index contributed by atoms with van der Waals surface area (Å²) in [6, 6.07) is 6.23. The van der Waals surface area contributed by atoms with E-state index < -0.39 is 0 Å². The van der Waals surface area contributed by atoms with Gasteiger partial charge in [-0.15, -0.1) is 10.2 Å². The van der Waals surface area contributed by atoms with Gasteiger partial charge in [-0.3, -0.25) is 0 Å². The maximum atomic E-state index is 5.55. The molecule has 0 unspecified atom stereocenters. The summed E-state index contributed by atoms with van der Waals surface area (Å²) in [6.07, 6.45) is 0.746. The first kappa shape index (κ1) is 11.5. The van der Waals surface area contributed by atoms with E-state index in [0.29, 0.717) is 11.8 Å². The van der Waals surface area contributed by atoms with E-state index in [-0.39, 0.29) is 0 Å². The average Bonchev–Trinajstić information content (AvgIpc) is 2.93. The lowest BCUT2D eigenvalue weighted by Crippen LogP contribution is -1.77. The summed E-state index contributed by atoms with van der Waals surface area (Å²) in [7, 11) is 0. The molecule has 92 valence electrons. The Morgan fingerprint density at radius 3 is 2.83 bits per heavy atom. The topological polar surface area (TPSA) is 54.7 Å². The van der Waals surface area contributed by atoms with Crippen molar-refractivity contribution in [1.82, 2.24) is 15.2 Å². The fourth-order valence-corrected chi connectivity index (χ4v) is 2.65. The van der Waals surface area contributed by atoms with Crippen molar-refractivity contribution >= 4 is 26.8 Å². The minimum Gasteiger partial charge on any atom is -0.419 e. The Labute approximate surface area is 113 Å². The second-order valence-corrected chi connectivity index (χ2v) is 5.10. The van der Waals surface area contributed by atoms with E-state index in [1.165, 1.54) is 5.56 Å². The van der Waals surface area contributed by atoms with E-state index in [1.807, 2.05) is 13.0 Å². The highest BCUT2D eigenvalue weighted by Gasteiger charge is 2.12. The maximum Gasteiger partial charge on any atom is 0.264 e. The van der Waals surface area contributed by atoms with Gasteiger partial charge in [0.1, 0.15) is 5.69 Å². The summed E-state index contributed by atoms with van der Waals surface area (Å²) >= 11 is 3.55. The molecular weight excluding hydrogens is 294 g/mol. The number of rotatable bonds is 2. The predicted molar refractivity (Wildman–Crippen MR) is 73.4 cm³/mol. The highest BCUT2D eigenvalue weighted by molar-refractivity contribution is 9.10. The zero-order valence-electron chi connectivity index (χ0n) is 10.1. The van der Waals surface area contributed by atoms with Gasteiger partial charge >= 0.3 is 0 Å². The number of hydrogen-bond acceptors (Lipinski definition) is 3. The maximum absolute atomic E-state index is 5.55. The molecule has 2 heterocycles. The van der Waals surface area contributed by atoms with Gasteiger partial charge in [0.2, 0.25) is 5.89 Å². The Hall–Kier alpha value is -1.62. The Balaban J connectivity index is 2.16. The third-order valence-electron chi connectivity index (χ3n) is 2.82. The molecule has 2 aromatic heterocycles. The molecule has 0 aliphatic carbocycles. The normalized spacial score (nSPS) is 11.3. The third kappa shape index (κ3) is 1.84. The lowest BCUT2D eigenvalue weighted by molar-refractivity contribution is 0.511. The van der Waals surface area contributed by atoms with Gasteiger partial charge in [-0.25, -0.2) is 0 Å². The molecule has 1 N–H and O–H groups in total. The number of aromatic nitrogens is 3. The summed E-state index contributed by atoms with van der Waals surface area (Å²) < 4.78 is 6.59. The van der Waals surface area contributed by atoms with E-state index in [1.54, 1.807) is 0 Å². The van der Waals surface area contributed by atoms with E-state index in [2.05, 4.69) is 50.2 Å². The Morgan fingerprint density at radius 1 is 1.28 bits per heavy atom. The summed E-state index contributed by atoms with van der Waals surface area (Å²) in [5, 5.41) is 9.15. The number of aryl methyl sites for hydroxylation is 2. The lowest BCUT2D eigenvalue weighted by atomic mass is 10.2. The molecule has 0 spiro atoms. The summed E-state index contributed by atoms with van der Waals surface area (Å²) in [4.78, 5) is 3.30. The molecule has 0 amide bonds. The van der Waals surface area contributed by atoms with Crippen molar-refractivity contribution in [3.63, 3.8) is 0 Å². The van der Waals surface area contributed by atoms with Gasteiger partial charge in [-0.05, 0) is 46.6 Å². The number of halogens is 1. The molecule has 4 nitrogen and oxygen atoms in total. The van der Waals surface area contributed by atoms with Crippen molar-refractivity contribution < 1.29 is 4.42 Å². The van der Waals surface area contributed by atoms with E-state index >= 15 is 0 Å². The van der Waals surface area contributed by atoms with Gasteiger partial charge in [-0.2, -0.15) is 0 Å².